The molecule has 0 radical (unpaired) electrons. The number of aromatic nitrogens is 2. The van der Waals surface area contributed by atoms with Crippen LogP contribution in [0.15, 0.2) is 35.2 Å². The Labute approximate surface area is 184 Å². The van der Waals surface area contributed by atoms with E-state index in [1.54, 1.807) is 22.9 Å². The molecule has 0 spiro atoms. The molecular weight excluding hydrogens is 435 g/mol. The second kappa shape index (κ2) is 7.14. The van der Waals surface area contributed by atoms with Crippen molar-refractivity contribution >= 4 is 21.6 Å². The first kappa shape index (κ1) is 20.7. The summed E-state index contributed by atoms with van der Waals surface area (Å²) in [5.41, 5.74) is 4.54. The van der Waals surface area contributed by atoms with Crippen LogP contribution < -0.4 is 14.4 Å². The van der Waals surface area contributed by atoms with Crippen molar-refractivity contribution in [1.82, 2.24) is 14.5 Å². The largest absolute Gasteiger partial charge is 0.478 e. The number of benzene rings is 2. The van der Waals surface area contributed by atoms with Crippen molar-refractivity contribution in [3.8, 4) is 16.9 Å². The van der Waals surface area contributed by atoms with Gasteiger partial charge in [-0.3, -0.25) is 9.48 Å². The maximum Gasteiger partial charge on any atom is 0.265 e. The van der Waals surface area contributed by atoms with Gasteiger partial charge in [0, 0.05) is 24.8 Å². The number of ether oxygens (including phenoxy) is 1. The van der Waals surface area contributed by atoms with Crippen LogP contribution in [-0.2, 0) is 35.0 Å². The van der Waals surface area contributed by atoms with Crippen LogP contribution in [0.5, 0.6) is 5.75 Å². The highest BCUT2D eigenvalue weighted by atomic mass is 32.2. The Bertz CT molecular complexity index is 1400. The normalized spacial score (nSPS) is 16.6. The van der Waals surface area contributed by atoms with Crippen LogP contribution in [0.4, 0.5) is 10.1 Å². The van der Waals surface area contributed by atoms with E-state index in [1.807, 2.05) is 20.9 Å². The first-order valence-corrected chi connectivity index (χ1v) is 11.5. The van der Waals surface area contributed by atoms with Gasteiger partial charge in [-0.05, 0) is 48.7 Å². The van der Waals surface area contributed by atoms with Crippen molar-refractivity contribution in [3.05, 3.63) is 58.7 Å². The molecule has 1 amide bonds. The van der Waals surface area contributed by atoms with Gasteiger partial charge in [0.1, 0.15) is 0 Å². The molecule has 0 aliphatic carbocycles. The van der Waals surface area contributed by atoms with Crippen molar-refractivity contribution in [3.63, 3.8) is 0 Å². The summed E-state index contributed by atoms with van der Waals surface area (Å²) in [6.07, 6.45) is 0. The summed E-state index contributed by atoms with van der Waals surface area (Å²) in [7, 11) is -1.74. The molecule has 5 rings (SSSR count). The third kappa shape index (κ3) is 3.18. The van der Waals surface area contributed by atoms with E-state index < -0.39 is 15.8 Å². The van der Waals surface area contributed by atoms with Gasteiger partial charge in [0.25, 0.3) is 5.91 Å². The van der Waals surface area contributed by atoms with E-state index in [0.717, 1.165) is 17.0 Å². The molecule has 2 aromatic carbocycles. The number of carbonyl (C=O) groups excluding carboxylic acids is 1. The molecule has 10 heteroatoms. The summed E-state index contributed by atoms with van der Waals surface area (Å²) < 4.78 is 49.1. The molecule has 3 aromatic rings. The molecule has 8 nitrogen and oxygen atoms in total. The lowest BCUT2D eigenvalue weighted by molar-refractivity contribution is -0.121. The zero-order valence-electron chi connectivity index (χ0n) is 17.8. The second-order valence-corrected chi connectivity index (χ2v) is 9.73. The van der Waals surface area contributed by atoms with E-state index in [-0.39, 0.29) is 36.2 Å². The van der Waals surface area contributed by atoms with E-state index in [4.69, 9.17) is 4.74 Å². The number of nitrogens with zero attached hydrogens (tertiary/aromatic N) is 3. The van der Waals surface area contributed by atoms with Gasteiger partial charge in [0.05, 0.1) is 22.8 Å². The third-order valence-corrected chi connectivity index (χ3v) is 7.56. The number of nitrogens with one attached hydrogen (secondary N) is 1. The highest BCUT2D eigenvalue weighted by Gasteiger charge is 2.31. The number of rotatable bonds is 3. The molecule has 32 heavy (non-hydrogen) atoms. The van der Waals surface area contributed by atoms with Gasteiger partial charge in [0.2, 0.25) is 10.0 Å². The molecule has 166 valence electrons. The highest BCUT2D eigenvalue weighted by molar-refractivity contribution is 7.89. The first-order valence-electron chi connectivity index (χ1n) is 10.0. The Morgan fingerprint density at radius 1 is 1.19 bits per heavy atom. The van der Waals surface area contributed by atoms with Crippen LogP contribution in [0.1, 0.15) is 22.5 Å². The Kier molecular flexibility index (Phi) is 4.61. The van der Waals surface area contributed by atoms with Crippen molar-refractivity contribution in [2.24, 2.45) is 7.05 Å². The smallest absolute Gasteiger partial charge is 0.265 e. The monoisotopic (exact) mass is 456 g/mol. The van der Waals surface area contributed by atoms with Crippen LogP contribution >= 0.6 is 0 Å². The fraction of sp³-hybridized carbons (Fsp3) is 0.273. The molecule has 0 saturated heterocycles. The van der Waals surface area contributed by atoms with Gasteiger partial charge in [-0.15, -0.1) is 0 Å². The van der Waals surface area contributed by atoms with Crippen molar-refractivity contribution in [2.75, 3.05) is 11.5 Å². The number of sulfonamides is 1. The summed E-state index contributed by atoms with van der Waals surface area (Å²) in [4.78, 5) is 14.4. The van der Waals surface area contributed by atoms with E-state index in [0.29, 0.717) is 22.4 Å². The third-order valence-electron chi connectivity index (χ3n) is 6.07. The minimum absolute atomic E-state index is 0.00277. The number of amides is 1. The fourth-order valence-corrected chi connectivity index (χ4v) is 5.46. The van der Waals surface area contributed by atoms with Gasteiger partial charge in [0.15, 0.2) is 18.2 Å². The molecule has 1 N–H and O–H groups in total. The maximum absolute atomic E-state index is 15.0. The van der Waals surface area contributed by atoms with Crippen LogP contribution in [-0.4, -0.2) is 30.7 Å². The lowest BCUT2D eigenvalue weighted by Gasteiger charge is -2.30. The first-order chi connectivity index (χ1) is 15.2. The summed E-state index contributed by atoms with van der Waals surface area (Å²) in [6.45, 7) is 3.98. The summed E-state index contributed by atoms with van der Waals surface area (Å²) in [6, 6.07) is 7.93. The predicted octanol–water partition coefficient (Wildman–Crippen LogP) is 2.56. The number of hydrogen-bond acceptors (Lipinski definition) is 5. The summed E-state index contributed by atoms with van der Waals surface area (Å²) in [5, 5.41) is 4.40. The number of fused-ring (bicyclic) bond motifs is 2. The summed E-state index contributed by atoms with van der Waals surface area (Å²) >= 11 is 0. The van der Waals surface area contributed by atoms with E-state index in [9.17, 15) is 13.2 Å². The number of anilines is 1. The van der Waals surface area contributed by atoms with Crippen LogP contribution in [0.2, 0.25) is 0 Å². The predicted molar refractivity (Wildman–Crippen MR) is 115 cm³/mol. The molecular formula is C22H21FN4O4S. The van der Waals surface area contributed by atoms with Crippen LogP contribution in [0, 0.1) is 19.7 Å². The zero-order chi connectivity index (χ0) is 22.8. The average Bonchev–Trinajstić information content (AvgIpc) is 3.18. The molecule has 2 aliphatic heterocycles. The Hall–Kier alpha value is -3.24. The van der Waals surface area contributed by atoms with Crippen molar-refractivity contribution in [1.29, 1.82) is 0 Å². The Balaban J connectivity index is 1.61. The van der Waals surface area contributed by atoms with Crippen molar-refractivity contribution in [2.45, 2.75) is 31.8 Å². The van der Waals surface area contributed by atoms with E-state index >= 15 is 4.39 Å². The van der Waals surface area contributed by atoms with Gasteiger partial charge in [-0.25, -0.2) is 17.5 Å². The zero-order valence-corrected chi connectivity index (χ0v) is 18.6. The molecule has 1 aromatic heterocycles. The van der Waals surface area contributed by atoms with Gasteiger partial charge in [-0.1, -0.05) is 12.1 Å². The van der Waals surface area contributed by atoms with Gasteiger partial charge < -0.3 is 9.64 Å². The van der Waals surface area contributed by atoms with Gasteiger partial charge in [-0.2, -0.15) is 5.10 Å². The fourth-order valence-electron chi connectivity index (χ4n) is 4.19. The number of carbonyl (C=O) groups is 1. The minimum Gasteiger partial charge on any atom is -0.478 e. The quantitative estimate of drug-likeness (QED) is 0.654. The lowest BCUT2D eigenvalue weighted by atomic mass is 10.0. The summed E-state index contributed by atoms with van der Waals surface area (Å²) in [5.74, 6) is -0.906. The molecule has 0 saturated carbocycles. The number of halogens is 1. The molecule has 0 bridgehead atoms. The SMILES string of the molecule is Cc1nn(C)c(C)c1CN1C(=O)COc2c(F)cc(-c3ccc4c(c3)S(=O)(=O)NC4)cc21. The highest BCUT2D eigenvalue weighted by Crippen LogP contribution is 2.40. The average molecular weight is 456 g/mol. The number of aryl methyl sites for hydroxylation is 2. The van der Waals surface area contributed by atoms with Crippen LogP contribution in [0.25, 0.3) is 11.1 Å². The molecule has 2 aliphatic rings. The van der Waals surface area contributed by atoms with Crippen LogP contribution in [0.3, 0.4) is 0 Å². The molecule has 0 fully saturated rings. The minimum atomic E-state index is -3.57. The van der Waals surface area contributed by atoms with Gasteiger partial charge >= 0.3 is 0 Å². The maximum atomic E-state index is 15.0. The second-order valence-electron chi connectivity index (χ2n) is 7.99. The molecule has 3 heterocycles. The number of hydrogen-bond donors (Lipinski definition) is 1. The Morgan fingerprint density at radius 3 is 2.69 bits per heavy atom. The standard InChI is InChI=1S/C22H21FN4O4S/c1-12-17(13(2)26(3)25-12)10-27-19-7-16(6-18(23)22(19)31-11-21(27)28)14-4-5-15-9-24-32(29,30)20(15)8-14/h4-8,24H,9-11H2,1-3H3. The molecule has 0 atom stereocenters. The Morgan fingerprint density at radius 2 is 1.97 bits per heavy atom. The van der Waals surface area contributed by atoms with E-state index in [2.05, 4.69) is 9.82 Å². The van der Waals surface area contributed by atoms with E-state index in [1.165, 1.54) is 17.0 Å². The molecule has 0 unspecified atom stereocenters. The topological polar surface area (TPSA) is 93.5 Å². The lowest BCUT2D eigenvalue weighted by Crippen LogP contribution is -2.38. The van der Waals surface area contributed by atoms with Crippen molar-refractivity contribution < 1.29 is 22.3 Å².